The molecule has 1 heterocycles. The van der Waals surface area contributed by atoms with Gasteiger partial charge in [-0.2, -0.15) is 0 Å². The number of nitrogens with zero attached hydrogens (tertiary/aromatic N) is 3. The van der Waals surface area contributed by atoms with Gasteiger partial charge in [-0.15, -0.1) is 0 Å². The molecule has 0 aromatic heterocycles. The quantitative estimate of drug-likeness (QED) is 0.293. The third-order valence-corrected chi connectivity index (χ3v) is 1.24. The summed E-state index contributed by atoms with van der Waals surface area (Å²) < 4.78 is 0. The van der Waals surface area contributed by atoms with Gasteiger partial charge in [-0.1, -0.05) is 5.11 Å². The van der Waals surface area contributed by atoms with Crippen LogP contribution in [-0.4, -0.2) is 29.8 Å². The van der Waals surface area contributed by atoms with Crippen molar-refractivity contribution in [1.82, 2.24) is 5.48 Å². The topological polar surface area (TPSA) is 107 Å². The van der Waals surface area contributed by atoms with Gasteiger partial charge in [-0.05, 0) is 5.53 Å². The number of carbonyl (C=O) groups is 1. The first-order valence-corrected chi connectivity index (χ1v) is 2.89. The highest BCUT2D eigenvalue weighted by Gasteiger charge is 2.30. The molecule has 7 heteroatoms. The third kappa shape index (κ3) is 1.58. The molecule has 1 amide bonds. The highest BCUT2D eigenvalue weighted by Crippen LogP contribution is 2.04. The van der Waals surface area contributed by atoms with Crippen LogP contribution in [0.4, 0.5) is 0 Å². The Morgan fingerprint density at radius 1 is 1.91 bits per heavy atom. The van der Waals surface area contributed by atoms with E-state index in [9.17, 15) is 4.79 Å². The summed E-state index contributed by atoms with van der Waals surface area (Å²) in [4.78, 5) is 17.6. The maximum Gasteiger partial charge on any atom is 0.255 e. The van der Waals surface area contributed by atoms with Gasteiger partial charge in [0.25, 0.3) is 5.91 Å². The molecule has 7 nitrogen and oxygen atoms in total. The van der Waals surface area contributed by atoms with E-state index in [0.717, 1.165) is 0 Å². The molecule has 1 fully saturated rings. The summed E-state index contributed by atoms with van der Waals surface area (Å²) >= 11 is 0. The lowest BCUT2D eigenvalue weighted by molar-refractivity contribution is -0.151. The number of hydroxylamine groups is 1. The maximum atomic E-state index is 10.7. The number of azide groups is 1. The largest absolute Gasteiger partial charge is 0.390 e. The lowest BCUT2D eigenvalue weighted by Crippen LogP contribution is -2.49. The van der Waals surface area contributed by atoms with E-state index in [-0.39, 0.29) is 6.61 Å². The van der Waals surface area contributed by atoms with E-state index in [2.05, 4.69) is 14.9 Å². The van der Waals surface area contributed by atoms with Gasteiger partial charge in [0.05, 0.1) is 6.10 Å². The van der Waals surface area contributed by atoms with Crippen LogP contribution in [0, 0.1) is 0 Å². The van der Waals surface area contributed by atoms with Crippen molar-refractivity contribution in [2.24, 2.45) is 5.11 Å². The molecule has 2 N–H and O–H groups in total. The second-order valence-electron chi connectivity index (χ2n) is 1.99. The molecule has 0 radical (unpaired) electrons. The molecule has 1 rings (SSSR count). The van der Waals surface area contributed by atoms with Crippen LogP contribution in [0.2, 0.25) is 0 Å². The molecule has 0 aliphatic carbocycles. The second kappa shape index (κ2) is 3.20. The van der Waals surface area contributed by atoms with Gasteiger partial charge in [0.2, 0.25) is 0 Å². The molecule has 0 aromatic rings. The summed E-state index contributed by atoms with van der Waals surface area (Å²) in [6.07, 6.45) is -1.06. The molecule has 60 valence electrons. The highest BCUT2D eigenvalue weighted by atomic mass is 16.7. The number of carbonyl (C=O) groups excluding carboxylic acids is 1. The Morgan fingerprint density at radius 2 is 2.64 bits per heavy atom. The Hall–Kier alpha value is -1.30. The molecule has 2 atom stereocenters. The molecule has 1 saturated heterocycles. The number of aliphatic hydroxyl groups excluding tert-OH is 1. The molecule has 1 aliphatic rings. The molecule has 1 aliphatic heterocycles. The lowest BCUT2D eigenvalue weighted by Gasteiger charge is -2.22. The van der Waals surface area contributed by atoms with Gasteiger partial charge >= 0.3 is 0 Å². The van der Waals surface area contributed by atoms with Crippen molar-refractivity contribution in [2.45, 2.75) is 12.1 Å². The van der Waals surface area contributed by atoms with Crippen LogP contribution in [0.25, 0.3) is 10.4 Å². The lowest BCUT2D eigenvalue weighted by atomic mass is 10.1. The number of aliphatic hydroxyl groups is 1. The van der Waals surface area contributed by atoms with Gasteiger partial charge < -0.3 is 5.11 Å². The molecule has 11 heavy (non-hydrogen) atoms. The Balaban J connectivity index is 2.70. The van der Waals surface area contributed by atoms with E-state index in [4.69, 9.17) is 10.6 Å². The Morgan fingerprint density at radius 3 is 3.18 bits per heavy atom. The summed E-state index contributed by atoms with van der Waals surface area (Å²) in [6.45, 7) is -0.0601. The number of rotatable bonds is 1. The molecular formula is C4H6N4O3. The Labute approximate surface area is 61.5 Å². The number of amides is 1. The van der Waals surface area contributed by atoms with E-state index >= 15 is 0 Å². The summed E-state index contributed by atoms with van der Waals surface area (Å²) in [5, 5.41) is 12.1. The standard InChI is InChI=1S/C4H6N4O3/c5-8-6-3-2(9)1-11-7-4(3)10/h2-3,9H,1H2,(H,7,10). The molecule has 0 saturated carbocycles. The molecular weight excluding hydrogens is 152 g/mol. The van der Waals surface area contributed by atoms with Gasteiger partial charge in [0.15, 0.2) is 0 Å². The molecule has 0 aromatic carbocycles. The van der Waals surface area contributed by atoms with Gasteiger partial charge in [-0.25, -0.2) is 5.48 Å². The first-order chi connectivity index (χ1) is 5.25. The highest BCUT2D eigenvalue weighted by molar-refractivity contribution is 5.82. The zero-order valence-corrected chi connectivity index (χ0v) is 5.47. The van der Waals surface area contributed by atoms with Crippen LogP contribution in [0.1, 0.15) is 0 Å². The van der Waals surface area contributed by atoms with Gasteiger partial charge in [0, 0.05) is 4.91 Å². The first-order valence-electron chi connectivity index (χ1n) is 2.89. The second-order valence-corrected chi connectivity index (χ2v) is 1.99. The van der Waals surface area contributed by atoms with Crippen LogP contribution in [0.15, 0.2) is 5.11 Å². The van der Waals surface area contributed by atoms with Crippen molar-refractivity contribution < 1.29 is 14.7 Å². The van der Waals surface area contributed by atoms with Crippen molar-refractivity contribution in [3.05, 3.63) is 10.4 Å². The fourth-order valence-electron chi connectivity index (χ4n) is 0.709. The van der Waals surface area contributed by atoms with E-state index in [1.54, 1.807) is 0 Å². The van der Waals surface area contributed by atoms with E-state index in [1.807, 2.05) is 5.48 Å². The molecule has 0 bridgehead atoms. The zero-order chi connectivity index (χ0) is 8.27. The third-order valence-electron chi connectivity index (χ3n) is 1.24. The Bertz CT molecular complexity index is 211. The minimum atomic E-state index is -1.08. The van der Waals surface area contributed by atoms with Crippen LogP contribution in [-0.2, 0) is 9.63 Å². The Kier molecular flexibility index (Phi) is 2.27. The predicted octanol–water partition coefficient (Wildman–Crippen LogP) is -0.912. The smallest absolute Gasteiger partial charge is 0.255 e. The fraction of sp³-hybridized carbons (Fsp3) is 0.750. The van der Waals surface area contributed by atoms with Crippen LogP contribution >= 0.6 is 0 Å². The summed E-state index contributed by atoms with van der Waals surface area (Å²) in [7, 11) is 0. The van der Waals surface area contributed by atoms with Crippen molar-refractivity contribution in [3.63, 3.8) is 0 Å². The summed E-state index contributed by atoms with van der Waals surface area (Å²) in [5.41, 5.74) is 9.96. The van der Waals surface area contributed by atoms with Crippen LogP contribution in [0.5, 0.6) is 0 Å². The summed E-state index contributed by atoms with van der Waals surface area (Å²) in [6, 6.07) is -1.08. The van der Waals surface area contributed by atoms with Gasteiger partial charge in [0.1, 0.15) is 12.6 Å². The molecule has 2 unspecified atom stereocenters. The van der Waals surface area contributed by atoms with E-state index < -0.39 is 18.1 Å². The maximum absolute atomic E-state index is 10.7. The minimum Gasteiger partial charge on any atom is -0.390 e. The van der Waals surface area contributed by atoms with E-state index in [1.165, 1.54) is 0 Å². The zero-order valence-electron chi connectivity index (χ0n) is 5.47. The predicted molar refractivity (Wildman–Crippen MR) is 33.0 cm³/mol. The van der Waals surface area contributed by atoms with Crippen LogP contribution < -0.4 is 5.48 Å². The van der Waals surface area contributed by atoms with E-state index in [0.29, 0.717) is 0 Å². The monoisotopic (exact) mass is 158 g/mol. The minimum absolute atomic E-state index is 0.0601. The van der Waals surface area contributed by atoms with Crippen LogP contribution in [0.3, 0.4) is 0 Å². The first kappa shape index (κ1) is 7.80. The molecule has 0 spiro atoms. The van der Waals surface area contributed by atoms with Crippen molar-refractivity contribution in [2.75, 3.05) is 6.61 Å². The summed E-state index contributed by atoms with van der Waals surface area (Å²) in [5.74, 6) is -0.624. The fourth-order valence-corrected chi connectivity index (χ4v) is 0.709. The average Bonchev–Trinajstić information content (AvgIpc) is 1.97. The number of hydrogen-bond acceptors (Lipinski definition) is 4. The van der Waals surface area contributed by atoms with Crippen molar-refractivity contribution in [3.8, 4) is 0 Å². The number of nitrogens with one attached hydrogen (secondary N) is 1. The SMILES string of the molecule is [N-]=[N+]=NC1C(=O)NOCC1O. The van der Waals surface area contributed by atoms with Crippen molar-refractivity contribution in [1.29, 1.82) is 0 Å². The normalized spacial score (nSPS) is 30.5. The van der Waals surface area contributed by atoms with Crippen molar-refractivity contribution >= 4 is 5.91 Å². The average molecular weight is 158 g/mol. The van der Waals surface area contributed by atoms with Gasteiger partial charge in [-0.3, -0.25) is 9.63 Å². The number of hydrogen-bond donors (Lipinski definition) is 2.